The van der Waals surface area contributed by atoms with E-state index < -0.39 is 0 Å². The van der Waals surface area contributed by atoms with E-state index in [1.807, 2.05) is 0 Å². The normalized spacial score (nSPS) is 14.7. The minimum Gasteiger partial charge on any atom is -0.0651 e. The van der Waals surface area contributed by atoms with E-state index in [9.17, 15) is 0 Å². The average Bonchev–Trinajstić information content (AvgIpc) is 2.96. The molecular formula is C23H26. The van der Waals surface area contributed by atoms with Crippen LogP contribution in [0.15, 0.2) is 71.8 Å². The molecule has 0 unspecified atom stereocenters. The summed E-state index contributed by atoms with van der Waals surface area (Å²) in [6, 6.07) is 21.9. The third kappa shape index (κ3) is 3.32. The predicted octanol–water partition coefficient (Wildman–Crippen LogP) is 6.90. The molecule has 0 bridgehead atoms. The SMILES string of the molecule is CCCC1=C(c2ccccc2)CC(c2ccccc2)=C1CCC. The molecule has 0 saturated carbocycles. The third-order valence-corrected chi connectivity index (χ3v) is 4.69. The quantitative estimate of drug-likeness (QED) is 0.544. The molecule has 0 N–H and O–H groups in total. The Hall–Kier alpha value is -2.08. The Kier molecular flexibility index (Phi) is 5.12. The molecule has 0 aromatic heterocycles. The van der Waals surface area contributed by atoms with Gasteiger partial charge in [-0.25, -0.2) is 0 Å². The number of hydrogen-bond acceptors (Lipinski definition) is 0. The van der Waals surface area contributed by atoms with Crippen LogP contribution in [0.25, 0.3) is 11.1 Å². The summed E-state index contributed by atoms with van der Waals surface area (Å²) < 4.78 is 0. The molecular weight excluding hydrogens is 276 g/mol. The molecule has 1 aliphatic carbocycles. The molecule has 0 spiro atoms. The van der Waals surface area contributed by atoms with Crippen molar-refractivity contribution < 1.29 is 0 Å². The van der Waals surface area contributed by atoms with Gasteiger partial charge >= 0.3 is 0 Å². The van der Waals surface area contributed by atoms with Crippen molar-refractivity contribution in [3.63, 3.8) is 0 Å². The van der Waals surface area contributed by atoms with E-state index in [0.29, 0.717) is 0 Å². The van der Waals surface area contributed by atoms with Crippen LogP contribution >= 0.6 is 0 Å². The first-order valence-electron chi connectivity index (χ1n) is 8.90. The van der Waals surface area contributed by atoms with Crippen molar-refractivity contribution in [3.05, 3.63) is 82.9 Å². The van der Waals surface area contributed by atoms with E-state index in [2.05, 4.69) is 74.5 Å². The second-order valence-electron chi connectivity index (χ2n) is 6.32. The van der Waals surface area contributed by atoms with E-state index in [0.717, 1.165) is 6.42 Å². The highest BCUT2D eigenvalue weighted by molar-refractivity contribution is 5.92. The smallest absolute Gasteiger partial charge is 0.000822 e. The number of hydrogen-bond donors (Lipinski definition) is 0. The highest BCUT2D eigenvalue weighted by Crippen LogP contribution is 2.46. The lowest BCUT2D eigenvalue weighted by molar-refractivity contribution is 0.862. The molecule has 2 aromatic carbocycles. The van der Waals surface area contributed by atoms with E-state index in [1.54, 1.807) is 22.3 Å². The zero-order chi connectivity index (χ0) is 16.1. The fraction of sp³-hybridized carbons (Fsp3) is 0.304. The van der Waals surface area contributed by atoms with Crippen molar-refractivity contribution >= 4 is 11.1 Å². The van der Waals surface area contributed by atoms with Crippen LogP contribution < -0.4 is 0 Å². The second-order valence-corrected chi connectivity index (χ2v) is 6.32. The maximum atomic E-state index is 2.29. The molecule has 2 aromatic rings. The fourth-order valence-electron chi connectivity index (χ4n) is 3.69. The zero-order valence-corrected chi connectivity index (χ0v) is 14.3. The third-order valence-electron chi connectivity index (χ3n) is 4.69. The average molecular weight is 302 g/mol. The maximum Gasteiger partial charge on any atom is -0.000822 e. The summed E-state index contributed by atoms with van der Waals surface area (Å²) in [5.74, 6) is 0. The molecule has 0 saturated heterocycles. The molecule has 0 atom stereocenters. The maximum absolute atomic E-state index is 2.29. The van der Waals surface area contributed by atoms with Crippen LogP contribution in [0.5, 0.6) is 0 Å². The van der Waals surface area contributed by atoms with Gasteiger partial charge in [-0.15, -0.1) is 0 Å². The molecule has 1 aliphatic rings. The highest BCUT2D eigenvalue weighted by atomic mass is 14.3. The monoisotopic (exact) mass is 302 g/mol. The van der Waals surface area contributed by atoms with E-state index in [4.69, 9.17) is 0 Å². The van der Waals surface area contributed by atoms with Crippen molar-refractivity contribution in [3.8, 4) is 0 Å². The molecule has 3 rings (SSSR count). The number of allylic oxidation sites excluding steroid dienone is 4. The van der Waals surface area contributed by atoms with Crippen molar-refractivity contribution in [2.45, 2.75) is 46.0 Å². The van der Waals surface area contributed by atoms with Gasteiger partial charge in [0.15, 0.2) is 0 Å². The first-order valence-corrected chi connectivity index (χ1v) is 8.90. The number of benzene rings is 2. The fourth-order valence-corrected chi connectivity index (χ4v) is 3.69. The van der Waals surface area contributed by atoms with E-state index in [-0.39, 0.29) is 0 Å². The Morgan fingerprint density at radius 2 is 1.00 bits per heavy atom. The summed E-state index contributed by atoms with van der Waals surface area (Å²) in [5.41, 5.74) is 9.12. The minimum atomic E-state index is 1.08. The predicted molar refractivity (Wildman–Crippen MR) is 101 cm³/mol. The first kappa shape index (κ1) is 15.8. The van der Waals surface area contributed by atoms with Crippen molar-refractivity contribution in [1.29, 1.82) is 0 Å². The zero-order valence-electron chi connectivity index (χ0n) is 14.3. The summed E-state index contributed by atoms with van der Waals surface area (Å²) >= 11 is 0. The Morgan fingerprint density at radius 3 is 1.35 bits per heavy atom. The van der Waals surface area contributed by atoms with E-state index >= 15 is 0 Å². The lowest BCUT2D eigenvalue weighted by Crippen LogP contribution is -1.91. The summed E-state index contributed by atoms with van der Waals surface area (Å²) in [6.07, 6.45) is 5.88. The summed E-state index contributed by atoms with van der Waals surface area (Å²) in [5, 5.41) is 0. The molecule has 0 radical (unpaired) electrons. The molecule has 23 heavy (non-hydrogen) atoms. The topological polar surface area (TPSA) is 0 Å². The van der Waals surface area contributed by atoms with Gasteiger partial charge < -0.3 is 0 Å². The van der Waals surface area contributed by atoms with Crippen molar-refractivity contribution in [2.75, 3.05) is 0 Å². The standard InChI is InChI=1S/C23H26/c1-3-11-20-21(12-4-2)23(19-15-9-6-10-16-19)17-22(20)18-13-7-5-8-14-18/h5-10,13-16H,3-4,11-12,17H2,1-2H3. The molecule has 0 aliphatic heterocycles. The van der Waals surface area contributed by atoms with Gasteiger partial charge in [0.05, 0.1) is 0 Å². The summed E-state index contributed by atoms with van der Waals surface area (Å²) in [6.45, 7) is 4.58. The van der Waals surface area contributed by atoms with Gasteiger partial charge in [0.1, 0.15) is 0 Å². The summed E-state index contributed by atoms with van der Waals surface area (Å²) in [4.78, 5) is 0. The van der Waals surface area contributed by atoms with Crippen LogP contribution in [-0.2, 0) is 0 Å². The van der Waals surface area contributed by atoms with Gasteiger partial charge in [-0.1, -0.05) is 87.4 Å². The highest BCUT2D eigenvalue weighted by Gasteiger charge is 2.24. The summed E-state index contributed by atoms with van der Waals surface area (Å²) in [7, 11) is 0. The van der Waals surface area contributed by atoms with Crippen LogP contribution in [0.3, 0.4) is 0 Å². The van der Waals surface area contributed by atoms with Gasteiger partial charge in [0, 0.05) is 0 Å². The van der Waals surface area contributed by atoms with Crippen LogP contribution in [0.4, 0.5) is 0 Å². The van der Waals surface area contributed by atoms with Crippen molar-refractivity contribution in [2.24, 2.45) is 0 Å². The van der Waals surface area contributed by atoms with Crippen molar-refractivity contribution in [1.82, 2.24) is 0 Å². The Labute approximate surface area is 140 Å². The lowest BCUT2D eigenvalue weighted by atomic mass is 9.93. The van der Waals surface area contributed by atoms with Crippen LogP contribution in [0.2, 0.25) is 0 Å². The van der Waals surface area contributed by atoms with Gasteiger partial charge in [-0.3, -0.25) is 0 Å². The number of rotatable bonds is 6. The molecule has 0 fully saturated rings. The Morgan fingerprint density at radius 1 is 0.609 bits per heavy atom. The van der Waals surface area contributed by atoms with Crippen LogP contribution in [-0.4, -0.2) is 0 Å². The molecule has 0 nitrogen and oxygen atoms in total. The largest absolute Gasteiger partial charge is 0.0651 e. The van der Waals surface area contributed by atoms with Crippen LogP contribution in [0.1, 0.15) is 57.1 Å². The van der Waals surface area contributed by atoms with Gasteiger partial charge in [-0.05, 0) is 52.7 Å². The molecule has 118 valence electrons. The van der Waals surface area contributed by atoms with E-state index in [1.165, 1.54) is 36.8 Å². The first-order chi connectivity index (χ1) is 11.3. The Balaban J connectivity index is 2.08. The van der Waals surface area contributed by atoms with Crippen LogP contribution in [0, 0.1) is 0 Å². The molecule has 0 heterocycles. The van der Waals surface area contributed by atoms with Gasteiger partial charge in [-0.2, -0.15) is 0 Å². The molecule has 0 heteroatoms. The second kappa shape index (κ2) is 7.46. The lowest BCUT2D eigenvalue weighted by Gasteiger charge is -2.12. The van der Waals surface area contributed by atoms with Gasteiger partial charge in [0.25, 0.3) is 0 Å². The van der Waals surface area contributed by atoms with Gasteiger partial charge in [0.2, 0.25) is 0 Å². The Bertz CT molecular complexity index is 639. The molecule has 0 amide bonds. The minimum absolute atomic E-state index is 1.08.